The van der Waals surface area contributed by atoms with Gasteiger partial charge in [-0.2, -0.15) is 0 Å². The molecule has 3 rings (SSSR count). The highest BCUT2D eigenvalue weighted by Gasteiger charge is 2.29. The van der Waals surface area contributed by atoms with Gasteiger partial charge < -0.3 is 0 Å². The van der Waals surface area contributed by atoms with Gasteiger partial charge in [-0.3, -0.25) is 0 Å². The van der Waals surface area contributed by atoms with E-state index in [0.717, 1.165) is 29.9 Å². The summed E-state index contributed by atoms with van der Waals surface area (Å²) in [5, 5.41) is 0. The Bertz CT molecular complexity index is 701. The quantitative estimate of drug-likeness (QED) is 0.372. The van der Waals surface area contributed by atoms with Gasteiger partial charge in [0.15, 0.2) is 17.5 Å². The van der Waals surface area contributed by atoms with E-state index >= 15 is 0 Å². The second-order valence-electron chi connectivity index (χ2n) is 8.63. The molecule has 2 aliphatic rings. The van der Waals surface area contributed by atoms with Crippen LogP contribution in [0.15, 0.2) is 24.3 Å². The summed E-state index contributed by atoms with van der Waals surface area (Å²) in [5.74, 6) is 5.01. The van der Waals surface area contributed by atoms with Crippen LogP contribution in [0.4, 0.5) is 13.2 Å². The van der Waals surface area contributed by atoms with Crippen molar-refractivity contribution >= 4 is 0 Å². The van der Waals surface area contributed by atoms with Gasteiger partial charge >= 0.3 is 0 Å². The molecule has 0 N–H and O–H groups in total. The monoisotopic (exact) mass is 388 g/mol. The summed E-state index contributed by atoms with van der Waals surface area (Å²) in [4.78, 5) is 0. The first-order valence-electron chi connectivity index (χ1n) is 10.9. The Kier molecular flexibility index (Phi) is 7.65. The maximum atomic E-state index is 13.2. The number of hydrogen-bond acceptors (Lipinski definition) is 0. The van der Waals surface area contributed by atoms with Gasteiger partial charge in [0, 0.05) is 5.56 Å². The second-order valence-corrected chi connectivity index (χ2v) is 8.63. The first-order valence-corrected chi connectivity index (χ1v) is 10.9. The van der Waals surface area contributed by atoms with E-state index in [2.05, 4.69) is 24.8 Å². The Morgan fingerprint density at radius 1 is 0.893 bits per heavy atom. The molecule has 0 bridgehead atoms. The minimum Gasteiger partial charge on any atom is -0.204 e. The molecule has 0 heterocycles. The van der Waals surface area contributed by atoms with Gasteiger partial charge in [-0.15, -0.1) is 0 Å². The number of rotatable bonds is 4. The van der Waals surface area contributed by atoms with Gasteiger partial charge in [0.05, 0.1) is 0 Å². The number of halogens is 3. The zero-order valence-corrected chi connectivity index (χ0v) is 16.8. The van der Waals surface area contributed by atoms with Crippen LogP contribution in [0.3, 0.4) is 0 Å². The van der Waals surface area contributed by atoms with E-state index in [4.69, 9.17) is 0 Å². The molecule has 152 valence electrons. The van der Waals surface area contributed by atoms with Crippen LogP contribution < -0.4 is 0 Å². The fourth-order valence-electron chi connectivity index (χ4n) is 5.10. The molecule has 0 saturated heterocycles. The van der Waals surface area contributed by atoms with Crippen molar-refractivity contribution in [2.45, 2.75) is 71.1 Å². The Morgan fingerprint density at radius 3 is 2.04 bits per heavy atom. The molecule has 1 aromatic carbocycles. The maximum absolute atomic E-state index is 13.2. The molecule has 1 aromatic rings. The Hall–Kier alpha value is -1.69. The molecular formula is C25H31F3. The van der Waals surface area contributed by atoms with Crippen LogP contribution in [0.5, 0.6) is 0 Å². The fourth-order valence-corrected chi connectivity index (χ4v) is 5.10. The molecule has 0 spiro atoms. The van der Waals surface area contributed by atoms with Crippen molar-refractivity contribution in [3.8, 4) is 11.8 Å². The molecule has 2 saturated carbocycles. The lowest BCUT2D eigenvalue weighted by molar-refractivity contribution is 0.152. The Morgan fingerprint density at radius 2 is 1.46 bits per heavy atom. The van der Waals surface area contributed by atoms with E-state index in [1.54, 1.807) is 6.08 Å². The highest BCUT2D eigenvalue weighted by atomic mass is 19.2. The third-order valence-corrected chi connectivity index (χ3v) is 6.72. The van der Waals surface area contributed by atoms with Crippen LogP contribution in [0.25, 0.3) is 0 Å². The van der Waals surface area contributed by atoms with E-state index in [9.17, 15) is 13.2 Å². The molecule has 28 heavy (non-hydrogen) atoms. The molecule has 0 aliphatic heterocycles. The lowest BCUT2D eigenvalue weighted by atomic mass is 9.69. The Labute approximate surface area is 167 Å². The van der Waals surface area contributed by atoms with Crippen molar-refractivity contribution in [3.63, 3.8) is 0 Å². The van der Waals surface area contributed by atoms with Gasteiger partial charge in [-0.25, -0.2) is 13.2 Å². The molecule has 0 atom stereocenters. The van der Waals surface area contributed by atoms with Crippen molar-refractivity contribution in [2.75, 3.05) is 0 Å². The standard InChI is InChI=1S/C25H31F3/c1-2-5-18-8-12-21(13-9-18)22-14-10-19(11-15-22)6-3-4-7-20-16-23(26)25(28)24(27)17-20/h3,6,16-19,21-22H,2,5,8-15H2,1H3. The van der Waals surface area contributed by atoms with Gasteiger partial charge in [0.2, 0.25) is 0 Å². The molecule has 2 fully saturated rings. The summed E-state index contributed by atoms with van der Waals surface area (Å²) in [6, 6.07) is 1.86. The van der Waals surface area contributed by atoms with E-state index in [0.29, 0.717) is 5.92 Å². The van der Waals surface area contributed by atoms with E-state index in [-0.39, 0.29) is 5.56 Å². The molecule has 3 heteroatoms. The number of allylic oxidation sites excluding steroid dienone is 2. The first kappa shape index (κ1) is 21.0. The number of benzene rings is 1. The van der Waals surface area contributed by atoms with Crippen molar-refractivity contribution < 1.29 is 13.2 Å². The number of hydrogen-bond donors (Lipinski definition) is 0. The summed E-state index contributed by atoms with van der Waals surface area (Å²) >= 11 is 0. The predicted octanol–water partition coefficient (Wildman–Crippen LogP) is 7.42. The highest BCUT2D eigenvalue weighted by molar-refractivity contribution is 5.37. The van der Waals surface area contributed by atoms with Crippen molar-refractivity contribution in [2.24, 2.45) is 23.7 Å². The molecule has 0 aromatic heterocycles. The van der Waals surface area contributed by atoms with Crippen molar-refractivity contribution in [3.05, 3.63) is 47.3 Å². The molecule has 0 nitrogen and oxygen atoms in total. The topological polar surface area (TPSA) is 0 Å². The van der Waals surface area contributed by atoms with Crippen LogP contribution in [-0.2, 0) is 0 Å². The van der Waals surface area contributed by atoms with Crippen LogP contribution >= 0.6 is 0 Å². The molecule has 0 amide bonds. The Balaban J connectivity index is 1.44. The summed E-state index contributed by atoms with van der Waals surface area (Å²) in [6.07, 6.45) is 17.4. The summed E-state index contributed by atoms with van der Waals surface area (Å²) in [5.41, 5.74) is 0.156. The van der Waals surface area contributed by atoms with Crippen LogP contribution in [-0.4, -0.2) is 0 Å². The lowest BCUT2D eigenvalue weighted by Crippen LogP contribution is -2.25. The predicted molar refractivity (Wildman–Crippen MR) is 108 cm³/mol. The largest absolute Gasteiger partial charge is 0.204 e. The average molecular weight is 389 g/mol. The third-order valence-electron chi connectivity index (χ3n) is 6.72. The van der Waals surface area contributed by atoms with Gasteiger partial charge in [0.1, 0.15) is 0 Å². The molecule has 0 unspecified atom stereocenters. The second kappa shape index (κ2) is 10.2. The van der Waals surface area contributed by atoms with Gasteiger partial charge in [-0.05, 0) is 80.4 Å². The maximum Gasteiger partial charge on any atom is 0.194 e. The zero-order valence-electron chi connectivity index (χ0n) is 16.8. The van der Waals surface area contributed by atoms with Crippen LogP contribution in [0.2, 0.25) is 0 Å². The highest BCUT2D eigenvalue weighted by Crippen LogP contribution is 2.42. The minimum atomic E-state index is -1.45. The zero-order chi connectivity index (χ0) is 19.9. The van der Waals surface area contributed by atoms with Gasteiger partial charge in [0.25, 0.3) is 0 Å². The van der Waals surface area contributed by atoms with E-state index < -0.39 is 17.5 Å². The lowest BCUT2D eigenvalue weighted by Gasteiger charge is -2.37. The SMILES string of the molecule is CCCC1CCC(C2CCC(C=CC#Cc3cc(F)c(F)c(F)c3)CC2)CC1. The smallest absolute Gasteiger partial charge is 0.194 e. The van der Waals surface area contributed by atoms with E-state index in [1.165, 1.54) is 64.2 Å². The third kappa shape index (κ3) is 5.66. The molecule has 2 aliphatic carbocycles. The first-order chi connectivity index (χ1) is 13.6. The van der Waals surface area contributed by atoms with Gasteiger partial charge in [-0.1, -0.05) is 50.5 Å². The van der Waals surface area contributed by atoms with Crippen molar-refractivity contribution in [1.82, 2.24) is 0 Å². The summed E-state index contributed by atoms with van der Waals surface area (Å²) < 4.78 is 39.3. The normalized spacial score (nSPS) is 28.1. The molecular weight excluding hydrogens is 357 g/mol. The average Bonchev–Trinajstić information content (AvgIpc) is 2.71. The summed E-state index contributed by atoms with van der Waals surface area (Å²) in [6.45, 7) is 2.29. The van der Waals surface area contributed by atoms with Crippen molar-refractivity contribution in [1.29, 1.82) is 0 Å². The fraction of sp³-hybridized carbons (Fsp3) is 0.600. The van der Waals surface area contributed by atoms with Crippen LogP contribution in [0.1, 0.15) is 76.7 Å². The summed E-state index contributed by atoms with van der Waals surface area (Å²) in [7, 11) is 0. The van der Waals surface area contributed by atoms with E-state index in [1.807, 2.05) is 0 Å². The molecule has 0 radical (unpaired) electrons. The van der Waals surface area contributed by atoms with Crippen LogP contribution in [0, 0.1) is 53.0 Å². The minimum absolute atomic E-state index is 0.156.